The molecule has 2 N–H and O–H groups in total. The number of rotatable bonds is 4. The van der Waals surface area contributed by atoms with Crippen LogP contribution in [0.5, 0.6) is 5.75 Å². The molecule has 0 spiro atoms. The third kappa shape index (κ3) is 3.82. The van der Waals surface area contributed by atoms with Crippen LogP contribution in [0.15, 0.2) is 46.9 Å². The van der Waals surface area contributed by atoms with Crippen LogP contribution in [0.25, 0.3) is 0 Å². The van der Waals surface area contributed by atoms with E-state index in [0.29, 0.717) is 6.61 Å². The van der Waals surface area contributed by atoms with Gasteiger partial charge in [0.1, 0.15) is 12.4 Å². The molecular formula is C16H18BrNO. The lowest BCUT2D eigenvalue weighted by atomic mass is 10.1. The van der Waals surface area contributed by atoms with Gasteiger partial charge in [0.15, 0.2) is 0 Å². The summed E-state index contributed by atoms with van der Waals surface area (Å²) in [5.74, 6) is 0.847. The van der Waals surface area contributed by atoms with Crippen molar-refractivity contribution >= 4 is 15.9 Å². The Hall–Kier alpha value is -1.32. The average Bonchev–Trinajstić information content (AvgIpc) is 2.37. The average molecular weight is 320 g/mol. The summed E-state index contributed by atoms with van der Waals surface area (Å²) in [5.41, 5.74) is 9.40. The number of hydrogen-bond donors (Lipinski definition) is 1. The van der Waals surface area contributed by atoms with Gasteiger partial charge in [0.25, 0.3) is 0 Å². The molecule has 19 heavy (non-hydrogen) atoms. The van der Waals surface area contributed by atoms with E-state index in [1.54, 1.807) is 0 Å². The molecule has 0 heterocycles. The first kappa shape index (κ1) is 14.1. The zero-order chi connectivity index (χ0) is 13.8. The smallest absolute Gasteiger partial charge is 0.124 e. The molecule has 0 radical (unpaired) electrons. The first-order chi connectivity index (χ1) is 9.06. The van der Waals surface area contributed by atoms with Crippen LogP contribution in [-0.2, 0) is 6.61 Å². The van der Waals surface area contributed by atoms with E-state index in [0.717, 1.165) is 15.8 Å². The van der Waals surface area contributed by atoms with Crippen molar-refractivity contribution in [3.8, 4) is 5.75 Å². The molecule has 0 saturated carbocycles. The van der Waals surface area contributed by atoms with Crippen molar-refractivity contribution < 1.29 is 4.74 Å². The SMILES string of the molecule is Cc1cccc(COc2ccc(Br)cc2[C@H](C)N)c1. The van der Waals surface area contributed by atoms with E-state index >= 15 is 0 Å². The Labute approximate surface area is 122 Å². The lowest BCUT2D eigenvalue weighted by Gasteiger charge is -2.14. The summed E-state index contributed by atoms with van der Waals surface area (Å²) in [6.45, 7) is 4.60. The molecule has 0 saturated heterocycles. The highest BCUT2D eigenvalue weighted by Gasteiger charge is 2.09. The summed E-state index contributed by atoms with van der Waals surface area (Å²) < 4.78 is 6.91. The maximum absolute atomic E-state index is 5.98. The third-order valence-corrected chi connectivity index (χ3v) is 3.43. The summed E-state index contributed by atoms with van der Waals surface area (Å²) in [5, 5.41) is 0. The summed E-state index contributed by atoms with van der Waals surface area (Å²) in [4.78, 5) is 0. The molecule has 0 aliphatic rings. The van der Waals surface area contributed by atoms with Gasteiger partial charge in [-0.3, -0.25) is 0 Å². The van der Waals surface area contributed by atoms with Gasteiger partial charge in [-0.2, -0.15) is 0 Å². The molecule has 1 atom stereocenters. The lowest BCUT2D eigenvalue weighted by Crippen LogP contribution is -2.08. The molecule has 0 aliphatic carbocycles. The van der Waals surface area contributed by atoms with E-state index in [-0.39, 0.29) is 6.04 Å². The van der Waals surface area contributed by atoms with Crippen molar-refractivity contribution in [3.05, 3.63) is 63.6 Å². The van der Waals surface area contributed by atoms with E-state index in [1.807, 2.05) is 31.2 Å². The number of nitrogens with two attached hydrogens (primary N) is 1. The second-order valence-corrected chi connectivity index (χ2v) is 5.66. The highest BCUT2D eigenvalue weighted by Crippen LogP contribution is 2.28. The minimum atomic E-state index is -0.0509. The maximum Gasteiger partial charge on any atom is 0.124 e. The fraction of sp³-hybridized carbons (Fsp3) is 0.250. The molecule has 0 bridgehead atoms. The molecule has 100 valence electrons. The van der Waals surface area contributed by atoms with Gasteiger partial charge < -0.3 is 10.5 Å². The number of hydrogen-bond acceptors (Lipinski definition) is 2. The highest BCUT2D eigenvalue weighted by molar-refractivity contribution is 9.10. The minimum absolute atomic E-state index is 0.0509. The number of aryl methyl sites for hydroxylation is 1. The normalized spacial score (nSPS) is 12.2. The zero-order valence-electron chi connectivity index (χ0n) is 11.2. The summed E-state index contributed by atoms with van der Waals surface area (Å²) in [6.07, 6.45) is 0. The fourth-order valence-electron chi connectivity index (χ4n) is 1.97. The molecule has 2 aromatic carbocycles. The van der Waals surface area contributed by atoms with E-state index in [1.165, 1.54) is 11.1 Å². The Kier molecular flexibility index (Phi) is 4.61. The van der Waals surface area contributed by atoms with E-state index in [9.17, 15) is 0 Å². The van der Waals surface area contributed by atoms with Crippen LogP contribution in [-0.4, -0.2) is 0 Å². The monoisotopic (exact) mass is 319 g/mol. The highest BCUT2D eigenvalue weighted by atomic mass is 79.9. The van der Waals surface area contributed by atoms with Crippen LogP contribution in [0.4, 0.5) is 0 Å². The van der Waals surface area contributed by atoms with Crippen LogP contribution < -0.4 is 10.5 Å². The largest absolute Gasteiger partial charge is 0.489 e. The van der Waals surface area contributed by atoms with Crippen LogP contribution in [0.2, 0.25) is 0 Å². The predicted molar refractivity (Wildman–Crippen MR) is 82.3 cm³/mol. The molecule has 2 nitrogen and oxygen atoms in total. The van der Waals surface area contributed by atoms with Crippen molar-refractivity contribution in [2.24, 2.45) is 5.73 Å². The Morgan fingerprint density at radius 2 is 2.00 bits per heavy atom. The first-order valence-electron chi connectivity index (χ1n) is 6.29. The van der Waals surface area contributed by atoms with Crippen LogP contribution in [0.3, 0.4) is 0 Å². The van der Waals surface area contributed by atoms with Gasteiger partial charge in [-0.25, -0.2) is 0 Å². The van der Waals surface area contributed by atoms with Crippen molar-refractivity contribution in [1.29, 1.82) is 0 Å². The molecule has 0 aliphatic heterocycles. The Bertz CT molecular complexity index is 566. The van der Waals surface area contributed by atoms with Gasteiger partial charge >= 0.3 is 0 Å². The molecule has 0 fully saturated rings. The molecular weight excluding hydrogens is 302 g/mol. The van der Waals surface area contributed by atoms with Crippen molar-refractivity contribution in [2.45, 2.75) is 26.5 Å². The molecule has 0 aromatic heterocycles. The number of ether oxygens (including phenoxy) is 1. The fourth-order valence-corrected chi connectivity index (χ4v) is 2.35. The number of benzene rings is 2. The predicted octanol–water partition coefficient (Wildman–Crippen LogP) is 4.36. The second kappa shape index (κ2) is 6.22. The maximum atomic E-state index is 5.98. The Morgan fingerprint density at radius 1 is 1.21 bits per heavy atom. The topological polar surface area (TPSA) is 35.2 Å². The second-order valence-electron chi connectivity index (χ2n) is 4.75. The standard InChI is InChI=1S/C16H18BrNO/c1-11-4-3-5-13(8-11)10-19-16-7-6-14(17)9-15(16)12(2)18/h3-9,12H,10,18H2,1-2H3/t12-/m0/s1. The Balaban J connectivity index is 2.15. The third-order valence-electron chi connectivity index (χ3n) is 2.94. The summed E-state index contributed by atoms with van der Waals surface area (Å²) in [6, 6.07) is 14.2. The molecule has 3 heteroatoms. The van der Waals surface area contributed by atoms with Gasteiger partial charge in [0.2, 0.25) is 0 Å². The summed E-state index contributed by atoms with van der Waals surface area (Å²) >= 11 is 3.46. The van der Waals surface area contributed by atoms with Crippen molar-refractivity contribution in [3.63, 3.8) is 0 Å². The Morgan fingerprint density at radius 3 is 2.68 bits per heavy atom. The minimum Gasteiger partial charge on any atom is -0.489 e. The zero-order valence-corrected chi connectivity index (χ0v) is 12.8. The summed E-state index contributed by atoms with van der Waals surface area (Å²) in [7, 11) is 0. The van der Waals surface area contributed by atoms with E-state index in [2.05, 4.69) is 41.1 Å². The van der Waals surface area contributed by atoms with Crippen LogP contribution in [0, 0.1) is 6.92 Å². The van der Waals surface area contributed by atoms with Gasteiger partial charge in [0, 0.05) is 16.1 Å². The van der Waals surface area contributed by atoms with Gasteiger partial charge in [-0.15, -0.1) is 0 Å². The van der Waals surface area contributed by atoms with Crippen molar-refractivity contribution in [2.75, 3.05) is 0 Å². The van der Waals surface area contributed by atoms with Gasteiger partial charge in [-0.05, 0) is 37.6 Å². The van der Waals surface area contributed by atoms with E-state index < -0.39 is 0 Å². The molecule has 2 aromatic rings. The van der Waals surface area contributed by atoms with Crippen molar-refractivity contribution in [1.82, 2.24) is 0 Å². The lowest BCUT2D eigenvalue weighted by molar-refractivity contribution is 0.301. The molecule has 0 unspecified atom stereocenters. The van der Waals surface area contributed by atoms with E-state index in [4.69, 9.17) is 10.5 Å². The van der Waals surface area contributed by atoms with Gasteiger partial charge in [-0.1, -0.05) is 45.8 Å². The van der Waals surface area contributed by atoms with Gasteiger partial charge in [0.05, 0.1) is 0 Å². The quantitative estimate of drug-likeness (QED) is 0.908. The van der Waals surface area contributed by atoms with Crippen LogP contribution in [0.1, 0.15) is 29.7 Å². The first-order valence-corrected chi connectivity index (χ1v) is 7.09. The number of halogens is 1. The molecule has 2 rings (SSSR count). The van der Waals surface area contributed by atoms with Crippen LogP contribution >= 0.6 is 15.9 Å². The molecule has 0 amide bonds.